The maximum Gasteiger partial charge on any atom is 0.139 e. The highest BCUT2D eigenvalue weighted by molar-refractivity contribution is 9.10. The van der Waals surface area contributed by atoms with Crippen LogP contribution in [-0.4, -0.2) is 5.11 Å². The molecule has 0 amide bonds. The van der Waals surface area contributed by atoms with Gasteiger partial charge in [0.2, 0.25) is 0 Å². The van der Waals surface area contributed by atoms with Crippen molar-refractivity contribution in [1.29, 1.82) is 0 Å². The number of hydrogen-bond donors (Lipinski definition) is 2. The quantitative estimate of drug-likeness (QED) is 0.854. The lowest BCUT2D eigenvalue weighted by Gasteiger charge is -2.10. The van der Waals surface area contributed by atoms with Crippen LogP contribution in [0, 0.1) is 6.92 Å². The molecule has 2 rings (SSSR count). The molecular weight excluding hydrogens is 314 g/mol. The summed E-state index contributed by atoms with van der Waals surface area (Å²) in [6.45, 7) is 2.56. The third kappa shape index (κ3) is 3.18. The summed E-state index contributed by atoms with van der Waals surface area (Å²) in [6, 6.07) is 11.4. The van der Waals surface area contributed by atoms with Gasteiger partial charge in [0.1, 0.15) is 5.75 Å². The molecule has 0 spiro atoms. The molecule has 4 heteroatoms. The molecule has 0 heterocycles. The van der Waals surface area contributed by atoms with Crippen LogP contribution in [0.4, 0.5) is 5.69 Å². The van der Waals surface area contributed by atoms with Crippen LogP contribution < -0.4 is 5.32 Å². The van der Waals surface area contributed by atoms with Gasteiger partial charge in [0.05, 0.1) is 5.02 Å². The molecule has 0 fully saturated rings. The van der Waals surface area contributed by atoms with Crippen LogP contribution in [0.25, 0.3) is 0 Å². The minimum atomic E-state index is 0.137. The number of aryl methyl sites for hydroxylation is 1. The molecule has 0 saturated heterocycles. The van der Waals surface area contributed by atoms with Crippen LogP contribution in [0.3, 0.4) is 0 Å². The Morgan fingerprint density at radius 3 is 2.78 bits per heavy atom. The van der Waals surface area contributed by atoms with Crippen molar-refractivity contribution in [2.75, 3.05) is 5.32 Å². The van der Waals surface area contributed by atoms with Gasteiger partial charge < -0.3 is 10.4 Å². The summed E-state index contributed by atoms with van der Waals surface area (Å²) < 4.78 is 1.03. The number of para-hydroxylation sites is 1. The molecule has 0 aliphatic carbocycles. The van der Waals surface area contributed by atoms with E-state index in [4.69, 9.17) is 11.6 Å². The van der Waals surface area contributed by atoms with Crippen molar-refractivity contribution in [2.45, 2.75) is 13.5 Å². The molecule has 2 nitrogen and oxygen atoms in total. The van der Waals surface area contributed by atoms with E-state index >= 15 is 0 Å². The number of phenols is 1. The van der Waals surface area contributed by atoms with Crippen molar-refractivity contribution in [3.63, 3.8) is 0 Å². The fraction of sp³-hybridized carbons (Fsp3) is 0.143. The van der Waals surface area contributed by atoms with Crippen LogP contribution in [0.15, 0.2) is 40.9 Å². The molecule has 0 bridgehead atoms. The van der Waals surface area contributed by atoms with Gasteiger partial charge >= 0.3 is 0 Å². The van der Waals surface area contributed by atoms with E-state index in [1.807, 2.05) is 37.3 Å². The number of aromatic hydroxyl groups is 1. The maximum absolute atomic E-state index is 9.80. The molecule has 0 atom stereocenters. The number of rotatable bonds is 3. The van der Waals surface area contributed by atoms with Crippen molar-refractivity contribution in [3.8, 4) is 5.75 Å². The fourth-order valence-electron chi connectivity index (χ4n) is 1.74. The number of nitrogens with one attached hydrogen (secondary N) is 1. The lowest BCUT2D eigenvalue weighted by Crippen LogP contribution is -2.00. The topological polar surface area (TPSA) is 32.3 Å². The average molecular weight is 327 g/mol. The first-order valence-corrected chi connectivity index (χ1v) is 6.71. The highest BCUT2D eigenvalue weighted by atomic mass is 79.9. The Morgan fingerprint density at radius 1 is 1.28 bits per heavy atom. The van der Waals surface area contributed by atoms with Gasteiger partial charge in [-0.2, -0.15) is 0 Å². The number of anilines is 1. The summed E-state index contributed by atoms with van der Waals surface area (Å²) >= 11 is 9.32. The Hall–Kier alpha value is -1.19. The molecule has 18 heavy (non-hydrogen) atoms. The predicted octanol–water partition coefficient (Wildman–Crippen LogP) is 4.73. The van der Waals surface area contributed by atoms with E-state index in [2.05, 4.69) is 21.2 Å². The first-order chi connectivity index (χ1) is 8.56. The van der Waals surface area contributed by atoms with E-state index in [0.717, 1.165) is 15.7 Å². The average Bonchev–Trinajstić information content (AvgIpc) is 2.30. The second kappa shape index (κ2) is 5.63. The van der Waals surface area contributed by atoms with Crippen LogP contribution >= 0.6 is 27.5 Å². The molecule has 2 aromatic rings. The van der Waals surface area contributed by atoms with Crippen LogP contribution in [0.2, 0.25) is 5.02 Å². The Bertz CT molecular complexity index is 551. The van der Waals surface area contributed by atoms with Gasteiger partial charge in [-0.3, -0.25) is 0 Å². The van der Waals surface area contributed by atoms with Gasteiger partial charge in [0, 0.05) is 22.3 Å². The van der Waals surface area contributed by atoms with E-state index < -0.39 is 0 Å². The van der Waals surface area contributed by atoms with Crippen molar-refractivity contribution in [3.05, 3.63) is 57.0 Å². The summed E-state index contributed by atoms with van der Waals surface area (Å²) in [7, 11) is 0. The van der Waals surface area contributed by atoms with Gasteiger partial charge in [-0.15, -0.1) is 0 Å². The number of halogens is 2. The molecule has 0 unspecified atom stereocenters. The van der Waals surface area contributed by atoms with Gasteiger partial charge in [-0.1, -0.05) is 39.7 Å². The molecule has 2 aromatic carbocycles. The Kier molecular flexibility index (Phi) is 4.15. The van der Waals surface area contributed by atoms with E-state index in [0.29, 0.717) is 11.6 Å². The first-order valence-electron chi connectivity index (χ1n) is 5.53. The van der Waals surface area contributed by atoms with E-state index in [-0.39, 0.29) is 5.75 Å². The molecule has 0 aliphatic heterocycles. The monoisotopic (exact) mass is 325 g/mol. The zero-order valence-corrected chi connectivity index (χ0v) is 12.2. The SMILES string of the molecule is Cc1cc(Br)cc(NCc2cccc(Cl)c2O)c1. The number of phenolic OH excluding ortho intramolecular Hbond substituents is 1. The van der Waals surface area contributed by atoms with Gasteiger partial charge in [-0.25, -0.2) is 0 Å². The summed E-state index contributed by atoms with van der Waals surface area (Å²) in [5, 5.41) is 13.4. The number of benzene rings is 2. The Morgan fingerprint density at radius 2 is 2.06 bits per heavy atom. The number of hydrogen-bond acceptors (Lipinski definition) is 2. The second-order valence-electron chi connectivity index (χ2n) is 4.12. The van der Waals surface area contributed by atoms with Gasteiger partial charge in [0.15, 0.2) is 0 Å². The van der Waals surface area contributed by atoms with Crippen LogP contribution in [0.5, 0.6) is 5.75 Å². The Balaban J connectivity index is 2.14. The smallest absolute Gasteiger partial charge is 0.139 e. The summed E-state index contributed by atoms with van der Waals surface area (Å²) in [5.74, 6) is 0.137. The second-order valence-corrected chi connectivity index (χ2v) is 5.44. The van der Waals surface area contributed by atoms with Crippen LogP contribution in [0.1, 0.15) is 11.1 Å². The minimum absolute atomic E-state index is 0.137. The van der Waals surface area contributed by atoms with Crippen molar-refractivity contribution in [1.82, 2.24) is 0 Å². The molecule has 0 saturated carbocycles. The zero-order valence-electron chi connectivity index (χ0n) is 9.87. The summed E-state index contributed by atoms with van der Waals surface area (Å²) in [4.78, 5) is 0. The van der Waals surface area contributed by atoms with Crippen molar-refractivity contribution < 1.29 is 5.11 Å². The van der Waals surface area contributed by atoms with Crippen LogP contribution in [-0.2, 0) is 6.54 Å². The molecular formula is C14H13BrClNO. The minimum Gasteiger partial charge on any atom is -0.506 e. The highest BCUT2D eigenvalue weighted by Gasteiger charge is 2.05. The lowest BCUT2D eigenvalue weighted by molar-refractivity contribution is 0.469. The van der Waals surface area contributed by atoms with E-state index in [1.54, 1.807) is 6.07 Å². The van der Waals surface area contributed by atoms with Crippen molar-refractivity contribution >= 4 is 33.2 Å². The molecule has 0 radical (unpaired) electrons. The standard InChI is InChI=1S/C14H13BrClNO/c1-9-5-11(15)7-12(6-9)17-8-10-3-2-4-13(16)14(10)18/h2-7,17-18H,8H2,1H3. The van der Waals surface area contributed by atoms with Gasteiger partial charge in [-0.05, 0) is 36.8 Å². The molecule has 0 aliphatic rings. The third-order valence-electron chi connectivity index (χ3n) is 2.60. The van der Waals surface area contributed by atoms with Crippen molar-refractivity contribution in [2.24, 2.45) is 0 Å². The first kappa shape index (κ1) is 13.2. The third-order valence-corrected chi connectivity index (χ3v) is 3.36. The van der Waals surface area contributed by atoms with E-state index in [1.165, 1.54) is 5.56 Å². The molecule has 94 valence electrons. The van der Waals surface area contributed by atoms with E-state index in [9.17, 15) is 5.11 Å². The zero-order chi connectivity index (χ0) is 13.1. The molecule has 0 aromatic heterocycles. The summed E-state index contributed by atoms with van der Waals surface area (Å²) in [6.07, 6.45) is 0. The molecule has 2 N–H and O–H groups in total. The largest absolute Gasteiger partial charge is 0.506 e. The normalized spacial score (nSPS) is 10.4. The fourth-order valence-corrected chi connectivity index (χ4v) is 2.54. The lowest BCUT2D eigenvalue weighted by atomic mass is 10.2. The predicted molar refractivity (Wildman–Crippen MR) is 79.3 cm³/mol. The highest BCUT2D eigenvalue weighted by Crippen LogP contribution is 2.28. The summed E-state index contributed by atoms with van der Waals surface area (Å²) in [5.41, 5.74) is 2.95. The Labute approximate surface area is 120 Å². The van der Waals surface area contributed by atoms with Gasteiger partial charge in [0.25, 0.3) is 0 Å². The maximum atomic E-state index is 9.80.